The molecule has 0 amide bonds. The fraction of sp³-hybridized carbons (Fsp3) is 0.594. The first-order chi connectivity index (χ1) is 44.7. The summed E-state index contributed by atoms with van der Waals surface area (Å²) in [5.41, 5.74) is 17.5. The van der Waals surface area contributed by atoms with Crippen LogP contribution in [0.25, 0.3) is 44.6 Å². The number of nitrogens with two attached hydrogens (primary N) is 2. The maximum Gasteiger partial charge on any atom is 0.297 e. The minimum absolute atomic E-state index is 0.0653. The van der Waals surface area contributed by atoms with Crippen LogP contribution in [0.5, 0.6) is 11.5 Å². The Morgan fingerprint density at radius 2 is 0.796 bits per heavy atom. The zero-order valence-corrected chi connectivity index (χ0v) is 58.2. The van der Waals surface area contributed by atoms with Crippen molar-refractivity contribution >= 4 is 43.8 Å². The number of alkyl halides is 1. The van der Waals surface area contributed by atoms with Crippen molar-refractivity contribution in [1.29, 1.82) is 0 Å². The summed E-state index contributed by atoms with van der Waals surface area (Å²) in [5, 5.41) is 11.1. The molecule has 0 saturated heterocycles. The molecule has 0 saturated carbocycles. The number of rotatable bonds is 41. The van der Waals surface area contributed by atoms with Gasteiger partial charge in [-0.2, -0.15) is 18.6 Å². The molecule has 516 valence electrons. The molecule has 4 heterocycles. The number of aryl methyl sites for hydroxylation is 1. The van der Waals surface area contributed by atoms with Gasteiger partial charge in [-0.15, -0.1) is 0 Å². The summed E-state index contributed by atoms with van der Waals surface area (Å²) in [5.74, 6) is 2.23. The summed E-state index contributed by atoms with van der Waals surface area (Å²) in [7, 11) is -3.78. The smallest absolute Gasteiger partial charge is 0.297 e. The van der Waals surface area contributed by atoms with E-state index in [0.29, 0.717) is 108 Å². The maximum atomic E-state index is 12.1. The van der Waals surface area contributed by atoms with Gasteiger partial charge in [0.25, 0.3) is 10.1 Å². The molecule has 7 aromatic rings. The largest absolute Gasteiger partial charge is 0.491 e. The monoisotopic (exact) mass is 1320 g/mol. The quantitative estimate of drug-likeness (QED) is 0.0205. The first-order valence-electron chi connectivity index (χ1n) is 33.0. The maximum absolute atomic E-state index is 12.1. The number of anilines is 2. The predicted molar refractivity (Wildman–Crippen MR) is 366 cm³/mol. The van der Waals surface area contributed by atoms with E-state index in [1.807, 2.05) is 64.8 Å². The van der Waals surface area contributed by atoms with Crippen LogP contribution in [0, 0.1) is 6.92 Å². The number of aromatic nitrogens is 8. The van der Waals surface area contributed by atoms with Crippen LogP contribution in [-0.4, -0.2) is 184 Å². The molecule has 0 aliphatic rings. The van der Waals surface area contributed by atoms with Crippen LogP contribution in [0.4, 0.5) is 16.0 Å². The lowest BCUT2D eigenvalue weighted by molar-refractivity contribution is -0.929. The number of hydrogen-bond donors (Lipinski definition) is 2. The highest BCUT2D eigenvalue weighted by atomic mass is 32.2. The van der Waals surface area contributed by atoms with Crippen molar-refractivity contribution in [2.24, 2.45) is 0 Å². The van der Waals surface area contributed by atoms with E-state index in [1.165, 1.54) is 107 Å². The first kappa shape index (κ1) is 77.2. The number of halogens is 1. The fourth-order valence-corrected chi connectivity index (χ4v) is 10.8. The Labute approximate surface area is 552 Å². The highest BCUT2D eigenvalue weighted by molar-refractivity contribution is 7.86. The van der Waals surface area contributed by atoms with Gasteiger partial charge in [-0.05, 0) is 135 Å². The van der Waals surface area contributed by atoms with Crippen molar-refractivity contribution in [3.05, 3.63) is 91.0 Å². The topological polar surface area (TPSA) is 256 Å². The van der Waals surface area contributed by atoms with E-state index in [0.717, 1.165) is 44.6 Å². The average molecular weight is 1320 g/mol. The molecule has 7 rings (SSSR count). The van der Waals surface area contributed by atoms with Crippen LogP contribution in [0.1, 0.15) is 126 Å². The second-order valence-corrected chi connectivity index (χ2v) is 26.2. The molecule has 0 unspecified atom stereocenters. The summed E-state index contributed by atoms with van der Waals surface area (Å²) in [6.07, 6.45) is 14.0. The number of quaternary nitrogens is 1. The van der Waals surface area contributed by atoms with Crippen LogP contribution in [0.3, 0.4) is 0 Å². The van der Waals surface area contributed by atoms with Crippen LogP contribution in [0.15, 0.2) is 90.3 Å². The molecule has 4 N–H and O–H groups in total. The zero-order valence-electron chi connectivity index (χ0n) is 57.3. The minimum atomic E-state index is -3.78. The van der Waals surface area contributed by atoms with Crippen molar-refractivity contribution in [1.82, 2.24) is 39.5 Å². The summed E-state index contributed by atoms with van der Waals surface area (Å²) in [6.45, 7) is 33.8. The van der Waals surface area contributed by atoms with E-state index >= 15 is 0 Å². The molecule has 3 aromatic carbocycles. The Hall–Kier alpha value is -6.48. The van der Waals surface area contributed by atoms with Crippen LogP contribution in [-0.2, 0) is 53.8 Å². The second-order valence-electron chi connectivity index (χ2n) is 24.6. The van der Waals surface area contributed by atoms with Gasteiger partial charge in [-0.3, -0.25) is 4.18 Å². The van der Waals surface area contributed by atoms with Gasteiger partial charge in [0.05, 0.1) is 139 Å². The minimum Gasteiger partial charge on any atom is -0.491 e. The molecular formula is C69H107FN11O11S+. The van der Waals surface area contributed by atoms with Crippen molar-refractivity contribution in [2.45, 2.75) is 144 Å². The fourth-order valence-electron chi connectivity index (χ4n) is 9.90. The molecule has 22 nitrogen and oxygen atoms in total. The number of benzene rings is 3. The van der Waals surface area contributed by atoms with Gasteiger partial charge in [0.15, 0.2) is 11.3 Å². The third-order valence-electron chi connectivity index (χ3n) is 14.9. The molecule has 24 heteroatoms. The van der Waals surface area contributed by atoms with E-state index in [4.69, 9.17) is 63.7 Å². The number of fused-ring (bicyclic) bond motifs is 2. The predicted octanol–water partition coefficient (Wildman–Crippen LogP) is 12.2. The summed E-state index contributed by atoms with van der Waals surface area (Å²) in [6, 6.07) is 21.8. The van der Waals surface area contributed by atoms with E-state index in [2.05, 4.69) is 89.2 Å². The SMILES string of the molecule is CC(C)(C)n1nc(-c2ccc(OCCOCCOCCOCCF)cc2)c2c(N)ncnc21.CCCC[N+](CCCC)(CCCC)CCCC.Cc1ccc(S(=O)(=O)OCCOCCOCCOCCOc2ccc(-c3nn(C(C)(C)C)c4ncnc(N)c34)cc2)cc1. The van der Waals surface area contributed by atoms with Gasteiger partial charge in [-0.25, -0.2) is 33.7 Å². The summed E-state index contributed by atoms with van der Waals surface area (Å²) < 4.78 is 90.0. The molecule has 0 aliphatic carbocycles. The first-order valence-corrected chi connectivity index (χ1v) is 34.4. The van der Waals surface area contributed by atoms with Crippen molar-refractivity contribution in [3.63, 3.8) is 0 Å². The molecule has 0 atom stereocenters. The van der Waals surface area contributed by atoms with Gasteiger partial charge >= 0.3 is 0 Å². The highest BCUT2D eigenvalue weighted by Gasteiger charge is 2.27. The van der Waals surface area contributed by atoms with Gasteiger partial charge in [0.2, 0.25) is 0 Å². The molecule has 0 bridgehead atoms. The van der Waals surface area contributed by atoms with E-state index in [9.17, 15) is 12.8 Å². The lowest BCUT2D eigenvalue weighted by Crippen LogP contribution is -2.50. The van der Waals surface area contributed by atoms with Gasteiger partial charge in [-0.1, -0.05) is 71.1 Å². The Morgan fingerprint density at radius 1 is 0.462 bits per heavy atom. The van der Waals surface area contributed by atoms with Gasteiger partial charge < -0.3 is 53.8 Å². The summed E-state index contributed by atoms with van der Waals surface area (Å²) in [4.78, 5) is 17.3. The van der Waals surface area contributed by atoms with E-state index in [-0.39, 0.29) is 35.8 Å². The molecular weight excluding hydrogens is 1210 g/mol. The zero-order chi connectivity index (χ0) is 67.5. The van der Waals surface area contributed by atoms with Crippen LogP contribution < -0.4 is 20.9 Å². The van der Waals surface area contributed by atoms with E-state index in [1.54, 1.807) is 12.1 Å². The van der Waals surface area contributed by atoms with Gasteiger partial charge in [0.1, 0.15) is 67.1 Å². The average Bonchev–Trinajstić information content (AvgIpc) is 1.62. The molecule has 0 radical (unpaired) electrons. The van der Waals surface area contributed by atoms with Crippen LogP contribution >= 0.6 is 0 Å². The highest BCUT2D eigenvalue weighted by Crippen LogP contribution is 2.35. The Balaban J connectivity index is 0.000000277. The number of nitrogen functional groups attached to an aromatic ring is 2. The Morgan fingerprint density at radius 3 is 1.13 bits per heavy atom. The van der Waals surface area contributed by atoms with Crippen LogP contribution in [0.2, 0.25) is 0 Å². The number of ether oxygens (including phenoxy) is 8. The standard InChI is InChI=1S/C30H39N5O7S.C23H32FN5O4.C16H36N/c1-22-5-11-25(12-6-22)43(36,37)42-20-18-40-16-14-38-13-15-39-17-19-41-24-9-7-23(8-10-24)27-26-28(31)32-21-33-29(26)35(34-27)30(2,3)4;1-23(2,3)29-22-19(21(25)26-16-27-22)20(28-29)17-4-6-18(7-5-17)33-15-14-32-13-12-31-11-10-30-9-8-24;1-5-9-13-17(14-10-6-2,15-11-7-3)16-12-8-4/h5-12,21H,13-20H2,1-4H3,(H2,31,32,33);4-7,16H,8-15H2,1-3H3,(H2,25,26,27);5-16H2,1-4H3/q;;+1. The number of hydrogen-bond acceptors (Lipinski definition) is 19. The van der Waals surface area contributed by atoms with Crippen molar-refractivity contribution < 1.29 is 59.4 Å². The third-order valence-corrected chi connectivity index (χ3v) is 16.3. The number of nitrogens with zero attached hydrogens (tertiary/aromatic N) is 9. The Bertz CT molecular complexity index is 3270. The number of unbranched alkanes of at least 4 members (excludes halogenated alkanes) is 4. The van der Waals surface area contributed by atoms with E-state index < -0.39 is 16.8 Å². The summed E-state index contributed by atoms with van der Waals surface area (Å²) >= 11 is 0. The molecule has 4 aromatic heterocycles. The molecule has 0 spiro atoms. The van der Waals surface area contributed by atoms with Crippen molar-refractivity contribution in [3.8, 4) is 34.0 Å². The molecule has 0 fully saturated rings. The normalized spacial score (nSPS) is 12.0. The lowest BCUT2D eigenvalue weighted by Gasteiger charge is -2.39. The van der Waals surface area contributed by atoms with Crippen molar-refractivity contribution in [2.75, 3.05) is 143 Å². The Kier molecular flexibility index (Phi) is 33.8. The lowest BCUT2D eigenvalue weighted by atomic mass is 10.1. The molecule has 0 aliphatic heterocycles. The molecule has 93 heavy (non-hydrogen) atoms. The third kappa shape index (κ3) is 26.0. The second kappa shape index (κ2) is 40.7. The van der Waals surface area contributed by atoms with Gasteiger partial charge in [0, 0.05) is 11.1 Å².